The van der Waals surface area contributed by atoms with Gasteiger partial charge in [-0.05, 0) is 51.4 Å². The van der Waals surface area contributed by atoms with Crippen LogP contribution < -0.4 is 10.5 Å². The fourth-order valence-electron chi connectivity index (χ4n) is 2.43. The van der Waals surface area contributed by atoms with Gasteiger partial charge in [0.05, 0.1) is 0 Å². The summed E-state index contributed by atoms with van der Waals surface area (Å²) in [5.74, 6) is 0.948. The van der Waals surface area contributed by atoms with E-state index in [1.54, 1.807) is 0 Å². The van der Waals surface area contributed by atoms with Crippen molar-refractivity contribution in [2.45, 2.75) is 32.7 Å². The number of aryl methyl sites for hydroxylation is 1. The van der Waals surface area contributed by atoms with Gasteiger partial charge in [0, 0.05) is 18.2 Å². The Morgan fingerprint density at radius 1 is 1.33 bits per heavy atom. The Kier molecular flexibility index (Phi) is 4.61. The first-order valence-electron chi connectivity index (χ1n) is 6.88. The second-order valence-electron chi connectivity index (χ2n) is 5.23. The summed E-state index contributed by atoms with van der Waals surface area (Å²) in [6.45, 7) is 8.29. The van der Waals surface area contributed by atoms with Crippen LogP contribution in [-0.4, -0.2) is 31.1 Å². The molecule has 1 aliphatic rings. The minimum absolute atomic E-state index is 0.0207. The van der Waals surface area contributed by atoms with Crippen LogP contribution >= 0.6 is 0 Å². The van der Waals surface area contributed by atoms with E-state index >= 15 is 0 Å². The van der Waals surface area contributed by atoms with E-state index in [1.807, 2.05) is 6.92 Å². The average Bonchev–Trinajstić information content (AvgIpc) is 2.82. The van der Waals surface area contributed by atoms with Crippen molar-refractivity contribution in [1.29, 1.82) is 0 Å². The second-order valence-corrected chi connectivity index (χ2v) is 5.23. The lowest BCUT2D eigenvalue weighted by Crippen LogP contribution is -2.25. The van der Waals surface area contributed by atoms with E-state index in [2.05, 4.69) is 30.0 Å². The highest BCUT2D eigenvalue weighted by Gasteiger charge is 2.12. The molecule has 1 unspecified atom stereocenters. The average molecular weight is 248 g/mol. The molecule has 100 valence electrons. The first-order valence-corrected chi connectivity index (χ1v) is 6.88. The number of nitrogens with zero attached hydrogens (tertiary/aromatic N) is 1. The number of nitrogens with two attached hydrogens (primary N) is 1. The topological polar surface area (TPSA) is 38.5 Å². The monoisotopic (exact) mass is 248 g/mol. The van der Waals surface area contributed by atoms with Gasteiger partial charge in [0.25, 0.3) is 0 Å². The predicted molar refractivity (Wildman–Crippen MR) is 75.0 cm³/mol. The van der Waals surface area contributed by atoms with Crippen LogP contribution in [0.3, 0.4) is 0 Å². The molecule has 1 heterocycles. The highest BCUT2D eigenvalue weighted by Crippen LogP contribution is 2.25. The molecular weight excluding hydrogens is 224 g/mol. The highest BCUT2D eigenvalue weighted by molar-refractivity contribution is 5.38. The van der Waals surface area contributed by atoms with Crippen LogP contribution in [0.2, 0.25) is 0 Å². The summed E-state index contributed by atoms with van der Waals surface area (Å²) < 4.78 is 5.92. The fourth-order valence-corrected chi connectivity index (χ4v) is 2.43. The fraction of sp³-hybridized carbons (Fsp3) is 0.600. The van der Waals surface area contributed by atoms with Crippen molar-refractivity contribution in [1.82, 2.24) is 4.90 Å². The maximum absolute atomic E-state index is 5.97. The third-order valence-electron chi connectivity index (χ3n) is 3.52. The van der Waals surface area contributed by atoms with Gasteiger partial charge in [0.2, 0.25) is 0 Å². The van der Waals surface area contributed by atoms with Crippen molar-refractivity contribution in [3.05, 3.63) is 29.3 Å². The zero-order valence-corrected chi connectivity index (χ0v) is 11.5. The van der Waals surface area contributed by atoms with Crippen LogP contribution in [-0.2, 0) is 0 Å². The van der Waals surface area contributed by atoms with Gasteiger partial charge in [0.1, 0.15) is 12.4 Å². The number of hydrogen-bond donors (Lipinski definition) is 1. The molecular formula is C15H24N2O. The van der Waals surface area contributed by atoms with E-state index in [-0.39, 0.29) is 6.04 Å². The minimum atomic E-state index is 0.0207. The minimum Gasteiger partial charge on any atom is -0.492 e. The number of rotatable bonds is 5. The first kappa shape index (κ1) is 13.4. The number of ether oxygens (including phenoxy) is 1. The normalized spacial score (nSPS) is 17.9. The van der Waals surface area contributed by atoms with Crippen molar-refractivity contribution < 1.29 is 4.74 Å². The zero-order chi connectivity index (χ0) is 13.0. The van der Waals surface area contributed by atoms with Gasteiger partial charge >= 0.3 is 0 Å². The van der Waals surface area contributed by atoms with Gasteiger partial charge in [-0.2, -0.15) is 0 Å². The Morgan fingerprint density at radius 2 is 2.06 bits per heavy atom. The Morgan fingerprint density at radius 3 is 2.72 bits per heavy atom. The second kappa shape index (κ2) is 6.21. The van der Waals surface area contributed by atoms with Crippen LogP contribution in [0.25, 0.3) is 0 Å². The van der Waals surface area contributed by atoms with Gasteiger partial charge in [-0.1, -0.05) is 12.1 Å². The van der Waals surface area contributed by atoms with E-state index in [0.29, 0.717) is 0 Å². The number of likely N-dealkylation sites (tertiary alicyclic amines) is 1. The predicted octanol–water partition coefficient (Wildman–Crippen LogP) is 2.49. The SMILES string of the molecule is Cc1ccc(C(C)N)c(OCCN2CCCC2)c1. The molecule has 3 nitrogen and oxygen atoms in total. The van der Waals surface area contributed by atoms with Crippen LogP contribution in [0.1, 0.15) is 36.9 Å². The molecule has 1 fully saturated rings. The van der Waals surface area contributed by atoms with Crippen LogP contribution in [0.5, 0.6) is 5.75 Å². The van der Waals surface area contributed by atoms with Gasteiger partial charge in [-0.15, -0.1) is 0 Å². The smallest absolute Gasteiger partial charge is 0.124 e. The number of hydrogen-bond acceptors (Lipinski definition) is 3. The molecule has 2 rings (SSSR count). The third-order valence-corrected chi connectivity index (χ3v) is 3.52. The van der Waals surface area contributed by atoms with Gasteiger partial charge in [-0.25, -0.2) is 0 Å². The quantitative estimate of drug-likeness (QED) is 0.870. The Hall–Kier alpha value is -1.06. The maximum Gasteiger partial charge on any atom is 0.124 e. The lowest BCUT2D eigenvalue weighted by molar-refractivity contribution is 0.235. The van der Waals surface area contributed by atoms with Crippen LogP contribution in [0, 0.1) is 6.92 Å². The van der Waals surface area contributed by atoms with E-state index in [1.165, 1.54) is 31.5 Å². The Labute approximate surface area is 110 Å². The highest BCUT2D eigenvalue weighted by atomic mass is 16.5. The summed E-state index contributed by atoms with van der Waals surface area (Å²) in [6.07, 6.45) is 2.66. The number of benzene rings is 1. The molecule has 1 atom stereocenters. The standard InChI is InChI=1S/C15H24N2O/c1-12-5-6-14(13(2)16)15(11-12)18-10-9-17-7-3-4-8-17/h5-6,11,13H,3-4,7-10,16H2,1-2H3. The first-order chi connectivity index (χ1) is 8.66. The lowest BCUT2D eigenvalue weighted by Gasteiger charge is -2.18. The van der Waals surface area contributed by atoms with Gasteiger partial charge in [-0.3, -0.25) is 4.90 Å². The molecule has 3 heteroatoms. The lowest BCUT2D eigenvalue weighted by atomic mass is 10.1. The van der Waals surface area contributed by atoms with E-state index in [0.717, 1.165) is 24.5 Å². The molecule has 0 bridgehead atoms. The molecule has 1 aliphatic heterocycles. The Balaban J connectivity index is 1.92. The van der Waals surface area contributed by atoms with Crippen molar-refractivity contribution >= 4 is 0 Å². The molecule has 2 N–H and O–H groups in total. The zero-order valence-electron chi connectivity index (χ0n) is 11.5. The molecule has 1 saturated heterocycles. The molecule has 0 aromatic heterocycles. The summed E-state index contributed by atoms with van der Waals surface area (Å²) in [7, 11) is 0. The summed E-state index contributed by atoms with van der Waals surface area (Å²) in [6, 6.07) is 6.27. The largest absolute Gasteiger partial charge is 0.492 e. The van der Waals surface area contributed by atoms with E-state index in [9.17, 15) is 0 Å². The summed E-state index contributed by atoms with van der Waals surface area (Å²) in [5.41, 5.74) is 8.29. The van der Waals surface area contributed by atoms with Crippen LogP contribution in [0.4, 0.5) is 0 Å². The molecule has 0 saturated carbocycles. The van der Waals surface area contributed by atoms with Crippen molar-refractivity contribution in [3.63, 3.8) is 0 Å². The Bertz CT molecular complexity index is 384. The van der Waals surface area contributed by atoms with E-state index < -0.39 is 0 Å². The van der Waals surface area contributed by atoms with Crippen LogP contribution in [0.15, 0.2) is 18.2 Å². The molecule has 1 aromatic carbocycles. The van der Waals surface area contributed by atoms with Gasteiger partial charge < -0.3 is 10.5 Å². The summed E-state index contributed by atoms with van der Waals surface area (Å²) >= 11 is 0. The van der Waals surface area contributed by atoms with Crippen molar-refractivity contribution in [2.24, 2.45) is 5.73 Å². The molecule has 0 radical (unpaired) electrons. The summed E-state index contributed by atoms with van der Waals surface area (Å²) in [5, 5.41) is 0. The van der Waals surface area contributed by atoms with Crippen molar-refractivity contribution in [3.8, 4) is 5.75 Å². The molecule has 0 spiro atoms. The molecule has 0 aliphatic carbocycles. The molecule has 0 amide bonds. The molecule has 1 aromatic rings. The molecule has 18 heavy (non-hydrogen) atoms. The van der Waals surface area contributed by atoms with Gasteiger partial charge in [0.15, 0.2) is 0 Å². The van der Waals surface area contributed by atoms with Crippen molar-refractivity contribution in [2.75, 3.05) is 26.2 Å². The maximum atomic E-state index is 5.97. The third kappa shape index (κ3) is 3.47. The van der Waals surface area contributed by atoms with E-state index in [4.69, 9.17) is 10.5 Å². The summed E-state index contributed by atoms with van der Waals surface area (Å²) in [4.78, 5) is 2.46.